The van der Waals surface area contributed by atoms with Crippen LogP contribution in [0.4, 0.5) is 8.78 Å². The molecule has 1 fully saturated rings. The van der Waals surface area contributed by atoms with Crippen molar-refractivity contribution < 1.29 is 18.3 Å². The van der Waals surface area contributed by atoms with Gasteiger partial charge in [-0.25, -0.2) is 0 Å². The first-order valence-electron chi connectivity index (χ1n) is 8.03. The number of aryl methyl sites for hydroxylation is 1. The molecule has 2 heterocycles. The Labute approximate surface area is 144 Å². The van der Waals surface area contributed by atoms with Gasteiger partial charge in [-0.2, -0.15) is 13.9 Å². The molecule has 1 saturated heterocycles. The van der Waals surface area contributed by atoms with E-state index in [0.29, 0.717) is 13.1 Å². The summed E-state index contributed by atoms with van der Waals surface area (Å²) in [4.78, 5) is 12.5. The van der Waals surface area contributed by atoms with Gasteiger partial charge in [0.2, 0.25) is 5.91 Å². The van der Waals surface area contributed by atoms with Gasteiger partial charge >= 0.3 is 6.61 Å². The van der Waals surface area contributed by atoms with Gasteiger partial charge in [0.05, 0.1) is 12.1 Å². The first-order chi connectivity index (χ1) is 12.0. The second-order valence-corrected chi connectivity index (χ2v) is 6.06. The van der Waals surface area contributed by atoms with Gasteiger partial charge in [0.15, 0.2) is 0 Å². The Morgan fingerprint density at radius 3 is 2.80 bits per heavy atom. The van der Waals surface area contributed by atoms with Gasteiger partial charge in [-0.05, 0) is 23.3 Å². The molecule has 1 aromatic heterocycles. The molecule has 0 aliphatic carbocycles. The zero-order valence-corrected chi connectivity index (χ0v) is 13.8. The van der Waals surface area contributed by atoms with Gasteiger partial charge in [-0.3, -0.25) is 9.48 Å². The molecule has 0 saturated carbocycles. The molecular weight excluding hydrogens is 330 g/mol. The number of rotatable bonds is 6. The van der Waals surface area contributed by atoms with Crippen LogP contribution in [-0.4, -0.2) is 35.4 Å². The lowest BCUT2D eigenvalue weighted by atomic mass is 9.90. The van der Waals surface area contributed by atoms with Gasteiger partial charge in [0.25, 0.3) is 0 Å². The van der Waals surface area contributed by atoms with Crippen molar-refractivity contribution in [3.05, 3.63) is 47.8 Å². The summed E-state index contributed by atoms with van der Waals surface area (Å²) in [6.07, 6.45) is 3.72. The summed E-state index contributed by atoms with van der Waals surface area (Å²) < 4.78 is 30.3. The first-order valence-corrected chi connectivity index (χ1v) is 8.03. The summed E-state index contributed by atoms with van der Waals surface area (Å²) in [5, 5.41) is 10.3. The van der Waals surface area contributed by atoms with E-state index in [1.54, 1.807) is 23.0 Å². The fourth-order valence-electron chi connectivity index (χ4n) is 3.05. The maximum atomic E-state index is 12.5. The van der Waals surface area contributed by atoms with Crippen molar-refractivity contribution in [1.82, 2.24) is 20.4 Å². The largest absolute Gasteiger partial charge is 0.435 e. The van der Waals surface area contributed by atoms with Crippen LogP contribution in [0.3, 0.4) is 0 Å². The average Bonchev–Trinajstić information content (AvgIpc) is 3.22. The van der Waals surface area contributed by atoms with Crippen molar-refractivity contribution in [3.63, 3.8) is 0 Å². The Hall–Kier alpha value is -2.48. The van der Waals surface area contributed by atoms with E-state index in [1.165, 1.54) is 12.1 Å². The maximum Gasteiger partial charge on any atom is 0.387 e. The quantitative estimate of drug-likeness (QED) is 0.831. The molecule has 8 heteroatoms. The smallest absolute Gasteiger partial charge is 0.387 e. The molecule has 0 spiro atoms. The standard InChI is InChI=1S/C17H20F2N4O2/c1-23-10-12(7-22-23)14-8-20-9-15(14)16(24)21-6-11-2-4-13(5-3-11)25-17(18)19/h2-5,7,10,14-15,17,20H,6,8-9H2,1H3,(H,21,24)/t14-,15+/m1/s1. The third kappa shape index (κ3) is 4.33. The number of aromatic nitrogens is 2. The molecule has 25 heavy (non-hydrogen) atoms. The van der Waals surface area contributed by atoms with Crippen molar-refractivity contribution in [2.45, 2.75) is 19.1 Å². The van der Waals surface area contributed by atoms with Crippen LogP contribution in [-0.2, 0) is 18.4 Å². The van der Waals surface area contributed by atoms with Crippen molar-refractivity contribution in [2.24, 2.45) is 13.0 Å². The Bertz CT molecular complexity index is 718. The van der Waals surface area contributed by atoms with Crippen LogP contribution in [0.1, 0.15) is 17.0 Å². The lowest BCUT2D eigenvalue weighted by Crippen LogP contribution is -2.33. The van der Waals surface area contributed by atoms with E-state index in [9.17, 15) is 13.6 Å². The summed E-state index contributed by atoms with van der Waals surface area (Å²) in [5.41, 5.74) is 1.86. The number of ether oxygens (including phenoxy) is 1. The predicted octanol–water partition coefficient (Wildman–Crippen LogP) is 1.64. The molecule has 0 unspecified atom stereocenters. The molecule has 2 atom stereocenters. The predicted molar refractivity (Wildman–Crippen MR) is 87.2 cm³/mol. The minimum atomic E-state index is -2.84. The number of nitrogens with zero attached hydrogens (tertiary/aromatic N) is 2. The number of alkyl halides is 2. The topological polar surface area (TPSA) is 68.2 Å². The van der Waals surface area contributed by atoms with Crippen molar-refractivity contribution in [2.75, 3.05) is 13.1 Å². The number of carbonyl (C=O) groups is 1. The fourth-order valence-corrected chi connectivity index (χ4v) is 3.05. The highest BCUT2D eigenvalue weighted by atomic mass is 19.3. The minimum absolute atomic E-state index is 0.0354. The zero-order chi connectivity index (χ0) is 17.8. The summed E-state index contributed by atoms with van der Waals surface area (Å²) in [6, 6.07) is 6.24. The Kier molecular flexibility index (Phi) is 5.28. The second-order valence-electron chi connectivity index (χ2n) is 6.06. The number of hydrogen-bond donors (Lipinski definition) is 2. The molecule has 6 nitrogen and oxygen atoms in total. The molecule has 2 aromatic rings. The van der Waals surface area contributed by atoms with Crippen LogP contribution in [0.15, 0.2) is 36.7 Å². The van der Waals surface area contributed by atoms with Crippen molar-refractivity contribution in [1.29, 1.82) is 0 Å². The van der Waals surface area contributed by atoms with E-state index in [4.69, 9.17) is 0 Å². The number of amides is 1. The van der Waals surface area contributed by atoms with E-state index in [1.807, 2.05) is 13.2 Å². The van der Waals surface area contributed by atoms with Gasteiger partial charge < -0.3 is 15.4 Å². The molecule has 1 amide bonds. The van der Waals surface area contributed by atoms with E-state index >= 15 is 0 Å². The monoisotopic (exact) mass is 350 g/mol. The third-order valence-corrected chi connectivity index (χ3v) is 4.32. The van der Waals surface area contributed by atoms with E-state index < -0.39 is 6.61 Å². The molecule has 3 rings (SSSR count). The van der Waals surface area contributed by atoms with Crippen LogP contribution in [0, 0.1) is 5.92 Å². The van der Waals surface area contributed by atoms with Crippen LogP contribution in [0.2, 0.25) is 0 Å². The normalized spacial score (nSPS) is 20.0. The Balaban J connectivity index is 1.56. The third-order valence-electron chi connectivity index (χ3n) is 4.32. The molecule has 0 radical (unpaired) electrons. The van der Waals surface area contributed by atoms with Gasteiger partial charge in [-0.15, -0.1) is 0 Å². The van der Waals surface area contributed by atoms with Crippen molar-refractivity contribution >= 4 is 5.91 Å². The van der Waals surface area contributed by atoms with Gasteiger partial charge in [-0.1, -0.05) is 12.1 Å². The van der Waals surface area contributed by atoms with E-state index in [2.05, 4.69) is 20.5 Å². The summed E-state index contributed by atoms with van der Waals surface area (Å²) in [5.74, 6) is -0.00497. The second kappa shape index (κ2) is 7.60. The summed E-state index contributed by atoms with van der Waals surface area (Å²) in [7, 11) is 1.85. The summed E-state index contributed by atoms with van der Waals surface area (Å²) in [6.45, 7) is -1.15. The molecule has 1 aromatic carbocycles. The SMILES string of the molecule is Cn1cc([C@H]2CNC[C@@H]2C(=O)NCc2ccc(OC(F)F)cc2)cn1. The number of nitrogens with one attached hydrogen (secondary N) is 2. The first kappa shape index (κ1) is 17.3. The van der Waals surface area contributed by atoms with Crippen LogP contribution in [0.25, 0.3) is 0 Å². The minimum Gasteiger partial charge on any atom is -0.435 e. The number of hydrogen-bond acceptors (Lipinski definition) is 4. The lowest BCUT2D eigenvalue weighted by Gasteiger charge is -2.17. The maximum absolute atomic E-state index is 12.5. The molecular formula is C17H20F2N4O2. The van der Waals surface area contributed by atoms with Crippen LogP contribution in [0.5, 0.6) is 5.75 Å². The molecule has 134 valence electrons. The van der Waals surface area contributed by atoms with Crippen LogP contribution < -0.4 is 15.4 Å². The summed E-state index contributed by atoms with van der Waals surface area (Å²) >= 11 is 0. The highest BCUT2D eigenvalue weighted by Gasteiger charge is 2.34. The van der Waals surface area contributed by atoms with E-state index in [0.717, 1.165) is 17.7 Å². The van der Waals surface area contributed by atoms with Gasteiger partial charge in [0, 0.05) is 38.8 Å². The highest BCUT2D eigenvalue weighted by molar-refractivity contribution is 5.80. The highest BCUT2D eigenvalue weighted by Crippen LogP contribution is 2.28. The Morgan fingerprint density at radius 2 is 2.16 bits per heavy atom. The molecule has 1 aliphatic heterocycles. The van der Waals surface area contributed by atoms with E-state index in [-0.39, 0.29) is 23.5 Å². The molecule has 0 bridgehead atoms. The molecule has 2 N–H and O–H groups in total. The van der Waals surface area contributed by atoms with Crippen molar-refractivity contribution in [3.8, 4) is 5.75 Å². The zero-order valence-electron chi connectivity index (χ0n) is 13.8. The Morgan fingerprint density at radius 1 is 1.40 bits per heavy atom. The molecule has 1 aliphatic rings. The average molecular weight is 350 g/mol. The van der Waals surface area contributed by atoms with Crippen LogP contribution >= 0.6 is 0 Å². The fraction of sp³-hybridized carbons (Fsp3) is 0.412. The number of benzene rings is 1. The van der Waals surface area contributed by atoms with Gasteiger partial charge in [0.1, 0.15) is 5.75 Å². The number of halogens is 2. The lowest BCUT2D eigenvalue weighted by molar-refractivity contribution is -0.125. The number of carbonyl (C=O) groups excluding carboxylic acids is 1.